The van der Waals surface area contributed by atoms with E-state index in [9.17, 15) is 0 Å². The second-order valence-corrected chi connectivity index (χ2v) is 5.04. The Morgan fingerprint density at radius 2 is 2.21 bits per heavy atom. The highest BCUT2D eigenvalue weighted by molar-refractivity contribution is 5.01. The molecule has 0 aromatic heterocycles. The number of rotatable bonds is 3. The van der Waals surface area contributed by atoms with Crippen molar-refractivity contribution >= 4 is 0 Å². The molecule has 0 aliphatic carbocycles. The molecule has 3 heteroatoms. The lowest BCUT2D eigenvalue weighted by atomic mass is 9.95. The first-order valence-electron chi connectivity index (χ1n) is 5.83. The van der Waals surface area contributed by atoms with Crippen molar-refractivity contribution < 1.29 is 0 Å². The summed E-state index contributed by atoms with van der Waals surface area (Å²) in [6.45, 7) is 6.20. The first-order chi connectivity index (χ1) is 6.73. The van der Waals surface area contributed by atoms with Crippen molar-refractivity contribution in [1.29, 1.82) is 0 Å². The number of nitrogens with one attached hydrogen (secondary N) is 1. The maximum Gasteiger partial charge on any atom is 0.0347 e. The molecule has 2 aliphatic rings. The second kappa shape index (κ2) is 4.17. The third kappa shape index (κ3) is 1.95. The van der Waals surface area contributed by atoms with Crippen molar-refractivity contribution in [1.82, 2.24) is 15.1 Å². The summed E-state index contributed by atoms with van der Waals surface area (Å²) < 4.78 is 0. The van der Waals surface area contributed by atoms with E-state index in [2.05, 4.69) is 29.2 Å². The van der Waals surface area contributed by atoms with Crippen LogP contribution in [0.3, 0.4) is 0 Å². The predicted molar refractivity (Wildman–Crippen MR) is 59.6 cm³/mol. The van der Waals surface area contributed by atoms with Crippen LogP contribution in [0.2, 0.25) is 0 Å². The quantitative estimate of drug-likeness (QED) is 0.705. The summed E-state index contributed by atoms with van der Waals surface area (Å²) in [5, 5.41) is 3.52. The van der Waals surface area contributed by atoms with Crippen LogP contribution >= 0.6 is 0 Å². The van der Waals surface area contributed by atoms with Gasteiger partial charge in [-0.25, -0.2) is 0 Å². The molecule has 2 rings (SSSR count). The SMILES string of the molecule is CN(C)CCN1CCCC12CCNC2. The average molecular weight is 197 g/mol. The van der Waals surface area contributed by atoms with Gasteiger partial charge in [0, 0.05) is 25.2 Å². The zero-order valence-electron chi connectivity index (χ0n) is 9.55. The summed E-state index contributed by atoms with van der Waals surface area (Å²) in [6.07, 6.45) is 4.17. The molecule has 14 heavy (non-hydrogen) atoms. The van der Waals surface area contributed by atoms with Crippen LogP contribution < -0.4 is 5.32 Å². The van der Waals surface area contributed by atoms with E-state index < -0.39 is 0 Å². The molecule has 2 fully saturated rings. The van der Waals surface area contributed by atoms with Gasteiger partial charge in [-0.05, 0) is 46.4 Å². The Labute approximate surface area is 87.4 Å². The minimum absolute atomic E-state index is 0.538. The van der Waals surface area contributed by atoms with Crippen LogP contribution in [0.5, 0.6) is 0 Å². The zero-order chi connectivity index (χ0) is 10.0. The summed E-state index contributed by atoms with van der Waals surface area (Å²) in [5.74, 6) is 0. The van der Waals surface area contributed by atoms with Crippen LogP contribution in [0.15, 0.2) is 0 Å². The molecule has 0 radical (unpaired) electrons. The molecule has 0 bridgehead atoms. The highest BCUT2D eigenvalue weighted by Gasteiger charge is 2.42. The van der Waals surface area contributed by atoms with Gasteiger partial charge in [0.1, 0.15) is 0 Å². The molecule has 82 valence electrons. The van der Waals surface area contributed by atoms with E-state index in [0.717, 1.165) is 0 Å². The third-order valence-corrected chi connectivity index (χ3v) is 3.78. The summed E-state index contributed by atoms with van der Waals surface area (Å²) >= 11 is 0. The maximum absolute atomic E-state index is 3.52. The first-order valence-corrected chi connectivity index (χ1v) is 5.83. The molecule has 1 unspecified atom stereocenters. The molecule has 1 spiro atoms. The van der Waals surface area contributed by atoms with Gasteiger partial charge in [-0.3, -0.25) is 4.90 Å². The van der Waals surface area contributed by atoms with E-state index in [1.54, 1.807) is 0 Å². The van der Waals surface area contributed by atoms with E-state index in [-0.39, 0.29) is 0 Å². The minimum Gasteiger partial charge on any atom is -0.315 e. The lowest BCUT2D eigenvalue weighted by molar-refractivity contribution is 0.143. The Hall–Kier alpha value is -0.120. The topological polar surface area (TPSA) is 18.5 Å². The zero-order valence-corrected chi connectivity index (χ0v) is 9.55. The van der Waals surface area contributed by atoms with Crippen LogP contribution in [0.4, 0.5) is 0 Å². The average Bonchev–Trinajstić information content (AvgIpc) is 2.74. The molecule has 3 nitrogen and oxygen atoms in total. The van der Waals surface area contributed by atoms with Gasteiger partial charge in [0.05, 0.1) is 0 Å². The fraction of sp³-hybridized carbons (Fsp3) is 1.00. The van der Waals surface area contributed by atoms with Crippen LogP contribution in [0, 0.1) is 0 Å². The van der Waals surface area contributed by atoms with Crippen molar-refractivity contribution in [2.24, 2.45) is 0 Å². The summed E-state index contributed by atoms with van der Waals surface area (Å²) in [7, 11) is 4.32. The van der Waals surface area contributed by atoms with Crippen LogP contribution in [-0.4, -0.2) is 62.2 Å². The Balaban J connectivity index is 1.90. The molecule has 0 aromatic carbocycles. The summed E-state index contributed by atoms with van der Waals surface area (Å²) in [4.78, 5) is 5.00. The van der Waals surface area contributed by atoms with Gasteiger partial charge in [0.2, 0.25) is 0 Å². The van der Waals surface area contributed by atoms with E-state index in [4.69, 9.17) is 0 Å². The fourth-order valence-corrected chi connectivity index (χ4v) is 2.88. The second-order valence-electron chi connectivity index (χ2n) is 5.04. The van der Waals surface area contributed by atoms with Gasteiger partial charge in [0.25, 0.3) is 0 Å². The monoisotopic (exact) mass is 197 g/mol. The smallest absolute Gasteiger partial charge is 0.0347 e. The van der Waals surface area contributed by atoms with Crippen LogP contribution in [0.25, 0.3) is 0 Å². The van der Waals surface area contributed by atoms with Gasteiger partial charge < -0.3 is 10.2 Å². The minimum atomic E-state index is 0.538. The number of nitrogens with zero attached hydrogens (tertiary/aromatic N) is 2. The van der Waals surface area contributed by atoms with E-state index in [1.165, 1.54) is 52.0 Å². The Morgan fingerprint density at radius 3 is 2.86 bits per heavy atom. The van der Waals surface area contributed by atoms with Crippen molar-refractivity contribution in [3.63, 3.8) is 0 Å². The highest BCUT2D eigenvalue weighted by atomic mass is 15.3. The van der Waals surface area contributed by atoms with Crippen LogP contribution in [0.1, 0.15) is 19.3 Å². The predicted octanol–water partition coefficient (Wildman–Crippen LogP) is 0.376. The Kier molecular flexibility index (Phi) is 3.10. The lowest BCUT2D eigenvalue weighted by Gasteiger charge is -2.35. The Bertz CT molecular complexity index is 179. The largest absolute Gasteiger partial charge is 0.315 e. The first kappa shape index (κ1) is 10.4. The van der Waals surface area contributed by atoms with Gasteiger partial charge in [0.15, 0.2) is 0 Å². The molecule has 2 aliphatic heterocycles. The van der Waals surface area contributed by atoms with Gasteiger partial charge >= 0.3 is 0 Å². The molecular weight excluding hydrogens is 174 g/mol. The molecule has 1 atom stereocenters. The maximum atomic E-state index is 3.52. The lowest BCUT2D eigenvalue weighted by Crippen LogP contribution is -2.47. The van der Waals surface area contributed by atoms with E-state index >= 15 is 0 Å². The number of likely N-dealkylation sites (tertiary alicyclic amines) is 1. The molecule has 2 saturated heterocycles. The molecule has 1 N–H and O–H groups in total. The van der Waals surface area contributed by atoms with E-state index in [0.29, 0.717) is 5.54 Å². The normalized spacial score (nSPS) is 33.6. The summed E-state index contributed by atoms with van der Waals surface area (Å²) in [6, 6.07) is 0. The molecular formula is C11H23N3. The van der Waals surface area contributed by atoms with Gasteiger partial charge in [-0.1, -0.05) is 0 Å². The summed E-state index contributed by atoms with van der Waals surface area (Å²) in [5.41, 5.74) is 0.538. The number of hydrogen-bond donors (Lipinski definition) is 1. The molecule has 2 heterocycles. The third-order valence-electron chi connectivity index (χ3n) is 3.78. The number of likely N-dealkylation sites (N-methyl/N-ethyl adjacent to an activating group) is 1. The van der Waals surface area contributed by atoms with Crippen molar-refractivity contribution in [2.45, 2.75) is 24.8 Å². The van der Waals surface area contributed by atoms with E-state index in [1.807, 2.05) is 0 Å². The fourth-order valence-electron chi connectivity index (χ4n) is 2.88. The molecule has 0 saturated carbocycles. The highest BCUT2D eigenvalue weighted by Crippen LogP contribution is 2.33. The van der Waals surface area contributed by atoms with Gasteiger partial charge in [-0.2, -0.15) is 0 Å². The molecule has 0 aromatic rings. The number of hydrogen-bond acceptors (Lipinski definition) is 3. The van der Waals surface area contributed by atoms with Crippen LogP contribution in [-0.2, 0) is 0 Å². The van der Waals surface area contributed by atoms with Gasteiger partial charge in [-0.15, -0.1) is 0 Å². The standard InChI is InChI=1S/C11H23N3/c1-13(2)8-9-14-7-3-4-11(14)5-6-12-10-11/h12H,3-10H2,1-2H3. The van der Waals surface area contributed by atoms with Crippen molar-refractivity contribution in [2.75, 3.05) is 46.8 Å². The van der Waals surface area contributed by atoms with Crippen molar-refractivity contribution in [3.05, 3.63) is 0 Å². The Morgan fingerprint density at radius 1 is 1.36 bits per heavy atom. The molecule has 0 amide bonds. The van der Waals surface area contributed by atoms with Crippen molar-refractivity contribution in [3.8, 4) is 0 Å².